The molecule has 0 fully saturated rings. The standard InChI is InChI=1S/C22H31N3O2/c1-16-10-11-20(26-4)18(14-16)12-13-24-22(23-3)25-15-17(2)19-8-6-7-9-21(19)27-5/h6-11,14,17H,12-13,15H2,1-5H3,(H2,23,24,25). The molecule has 2 N–H and O–H groups in total. The van der Waals surface area contributed by atoms with Crippen LogP contribution >= 0.6 is 0 Å². The summed E-state index contributed by atoms with van der Waals surface area (Å²) < 4.78 is 10.9. The van der Waals surface area contributed by atoms with Crippen LogP contribution in [-0.2, 0) is 6.42 Å². The van der Waals surface area contributed by atoms with Crippen LogP contribution in [0.25, 0.3) is 0 Å². The van der Waals surface area contributed by atoms with Crippen molar-refractivity contribution in [2.45, 2.75) is 26.2 Å². The Morgan fingerprint density at radius 2 is 1.78 bits per heavy atom. The lowest BCUT2D eigenvalue weighted by Crippen LogP contribution is -2.40. The number of ether oxygens (including phenoxy) is 2. The van der Waals surface area contributed by atoms with E-state index in [-0.39, 0.29) is 0 Å². The van der Waals surface area contributed by atoms with Crippen LogP contribution in [0.2, 0.25) is 0 Å². The highest BCUT2D eigenvalue weighted by Gasteiger charge is 2.11. The van der Waals surface area contributed by atoms with Crippen LogP contribution in [0.15, 0.2) is 47.5 Å². The summed E-state index contributed by atoms with van der Waals surface area (Å²) in [6, 6.07) is 14.4. The van der Waals surface area contributed by atoms with Crippen molar-refractivity contribution in [3.8, 4) is 11.5 Å². The Morgan fingerprint density at radius 1 is 1.04 bits per heavy atom. The van der Waals surface area contributed by atoms with Crippen molar-refractivity contribution in [1.82, 2.24) is 10.6 Å². The summed E-state index contributed by atoms with van der Waals surface area (Å²) >= 11 is 0. The summed E-state index contributed by atoms with van der Waals surface area (Å²) in [6.45, 7) is 5.82. The number of rotatable bonds is 8. The van der Waals surface area contributed by atoms with E-state index >= 15 is 0 Å². The maximum absolute atomic E-state index is 5.46. The van der Waals surface area contributed by atoms with Crippen LogP contribution < -0.4 is 20.1 Å². The molecular formula is C22H31N3O2. The molecule has 0 heterocycles. The molecule has 0 spiro atoms. The summed E-state index contributed by atoms with van der Waals surface area (Å²) in [5.74, 6) is 2.94. The highest BCUT2D eigenvalue weighted by atomic mass is 16.5. The van der Waals surface area contributed by atoms with E-state index in [4.69, 9.17) is 9.47 Å². The monoisotopic (exact) mass is 369 g/mol. The van der Waals surface area contributed by atoms with Crippen molar-refractivity contribution >= 4 is 5.96 Å². The van der Waals surface area contributed by atoms with Crippen molar-refractivity contribution < 1.29 is 9.47 Å². The number of nitrogens with zero attached hydrogens (tertiary/aromatic N) is 1. The molecule has 2 aromatic carbocycles. The second-order valence-electron chi connectivity index (χ2n) is 6.59. The highest BCUT2D eigenvalue weighted by Crippen LogP contribution is 2.25. The van der Waals surface area contributed by atoms with Gasteiger partial charge in [0, 0.05) is 26.1 Å². The van der Waals surface area contributed by atoms with Crippen LogP contribution in [0.3, 0.4) is 0 Å². The Kier molecular flexibility index (Phi) is 7.99. The number of guanidine groups is 1. The number of aryl methyl sites for hydroxylation is 1. The molecule has 146 valence electrons. The van der Waals surface area contributed by atoms with Gasteiger partial charge in [-0.05, 0) is 36.6 Å². The zero-order valence-corrected chi connectivity index (χ0v) is 17.0. The topological polar surface area (TPSA) is 54.9 Å². The van der Waals surface area contributed by atoms with E-state index < -0.39 is 0 Å². The Labute approximate surface area is 162 Å². The molecule has 27 heavy (non-hydrogen) atoms. The van der Waals surface area contributed by atoms with Gasteiger partial charge in [-0.2, -0.15) is 0 Å². The Hall–Kier alpha value is -2.69. The quantitative estimate of drug-likeness (QED) is 0.552. The van der Waals surface area contributed by atoms with Gasteiger partial charge in [0.2, 0.25) is 0 Å². The van der Waals surface area contributed by atoms with Gasteiger partial charge in [0.05, 0.1) is 14.2 Å². The minimum absolute atomic E-state index is 0.302. The van der Waals surface area contributed by atoms with E-state index in [9.17, 15) is 0 Å². The third-order valence-corrected chi connectivity index (χ3v) is 4.59. The fourth-order valence-corrected chi connectivity index (χ4v) is 3.07. The van der Waals surface area contributed by atoms with Crippen molar-refractivity contribution in [3.05, 3.63) is 59.2 Å². The highest BCUT2D eigenvalue weighted by molar-refractivity contribution is 5.79. The predicted octanol–water partition coefficient (Wildman–Crippen LogP) is 3.52. The molecule has 1 atom stereocenters. The lowest BCUT2D eigenvalue weighted by atomic mass is 10.0. The number of methoxy groups -OCH3 is 2. The molecule has 0 radical (unpaired) electrons. The Bertz CT molecular complexity index is 759. The van der Waals surface area contributed by atoms with E-state index in [1.807, 2.05) is 24.3 Å². The summed E-state index contributed by atoms with van der Waals surface area (Å²) in [5, 5.41) is 6.77. The van der Waals surface area contributed by atoms with Crippen molar-refractivity contribution in [2.24, 2.45) is 4.99 Å². The van der Waals surface area contributed by atoms with Gasteiger partial charge in [-0.25, -0.2) is 0 Å². The summed E-state index contributed by atoms with van der Waals surface area (Å²) in [5.41, 5.74) is 3.62. The van der Waals surface area contributed by atoms with Crippen molar-refractivity contribution in [3.63, 3.8) is 0 Å². The van der Waals surface area contributed by atoms with Crippen LogP contribution in [0.4, 0.5) is 0 Å². The molecule has 1 unspecified atom stereocenters. The number of benzene rings is 2. The van der Waals surface area contributed by atoms with E-state index in [0.29, 0.717) is 5.92 Å². The molecule has 0 saturated heterocycles. The van der Waals surface area contributed by atoms with Gasteiger partial charge in [-0.1, -0.05) is 42.8 Å². The molecule has 0 aromatic heterocycles. The lowest BCUT2D eigenvalue weighted by Gasteiger charge is -2.18. The van der Waals surface area contributed by atoms with Gasteiger partial charge in [0.15, 0.2) is 5.96 Å². The SMILES string of the molecule is CN=C(NCCc1cc(C)ccc1OC)NCC(C)c1ccccc1OC. The largest absolute Gasteiger partial charge is 0.496 e. The summed E-state index contributed by atoms with van der Waals surface area (Å²) in [7, 11) is 5.21. The molecule has 2 aromatic rings. The van der Waals surface area contributed by atoms with Crippen LogP contribution in [0.1, 0.15) is 29.5 Å². The molecule has 5 heteroatoms. The second-order valence-corrected chi connectivity index (χ2v) is 6.59. The first-order valence-electron chi connectivity index (χ1n) is 9.30. The fourth-order valence-electron chi connectivity index (χ4n) is 3.07. The lowest BCUT2D eigenvalue weighted by molar-refractivity contribution is 0.406. The zero-order chi connectivity index (χ0) is 19.6. The molecule has 0 amide bonds. The van der Waals surface area contributed by atoms with Gasteiger partial charge in [-0.3, -0.25) is 4.99 Å². The summed E-state index contributed by atoms with van der Waals surface area (Å²) in [6.07, 6.45) is 0.869. The Morgan fingerprint density at radius 3 is 2.48 bits per heavy atom. The molecule has 0 aliphatic heterocycles. The van der Waals surface area contributed by atoms with Crippen LogP contribution in [0, 0.1) is 6.92 Å². The first-order valence-corrected chi connectivity index (χ1v) is 9.30. The van der Waals surface area contributed by atoms with Gasteiger partial charge < -0.3 is 20.1 Å². The zero-order valence-electron chi connectivity index (χ0n) is 17.0. The van der Waals surface area contributed by atoms with Gasteiger partial charge in [0.25, 0.3) is 0 Å². The number of para-hydroxylation sites is 1. The van der Waals surface area contributed by atoms with Gasteiger partial charge in [0.1, 0.15) is 11.5 Å². The average molecular weight is 370 g/mol. The van der Waals surface area contributed by atoms with E-state index in [2.05, 4.69) is 47.7 Å². The van der Waals surface area contributed by atoms with E-state index in [1.165, 1.54) is 16.7 Å². The molecule has 0 aliphatic carbocycles. The minimum Gasteiger partial charge on any atom is -0.496 e. The third kappa shape index (κ3) is 5.91. The first-order chi connectivity index (χ1) is 13.1. The molecule has 5 nitrogen and oxygen atoms in total. The molecule has 0 saturated carbocycles. The van der Waals surface area contributed by atoms with Crippen molar-refractivity contribution in [2.75, 3.05) is 34.4 Å². The average Bonchev–Trinajstić information content (AvgIpc) is 2.70. The van der Waals surface area contributed by atoms with Crippen LogP contribution in [-0.4, -0.2) is 40.3 Å². The van der Waals surface area contributed by atoms with Gasteiger partial charge >= 0.3 is 0 Å². The van der Waals surface area contributed by atoms with Crippen molar-refractivity contribution in [1.29, 1.82) is 0 Å². The Balaban J connectivity index is 1.87. The maximum Gasteiger partial charge on any atom is 0.191 e. The molecular weight excluding hydrogens is 338 g/mol. The van der Waals surface area contributed by atoms with E-state index in [0.717, 1.165) is 37.0 Å². The number of hydrogen-bond donors (Lipinski definition) is 2. The number of nitrogens with one attached hydrogen (secondary N) is 2. The first kappa shape index (κ1) is 20.6. The third-order valence-electron chi connectivity index (χ3n) is 4.59. The van der Waals surface area contributed by atoms with E-state index in [1.54, 1.807) is 21.3 Å². The smallest absolute Gasteiger partial charge is 0.191 e. The molecule has 0 bridgehead atoms. The molecule has 0 aliphatic rings. The maximum atomic E-state index is 5.46. The van der Waals surface area contributed by atoms with Crippen LogP contribution in [0.5, 0.6) is 11.5 Å². The predicted molar refractivity (Wildman–Crippen MR) is 112 cm³/mol. The normalized spacial score (nSPS) is 12.4. The second kappa shape index (κ2) is 10.5. The minimum atomic E-state index is 0.302. The molecule has 2 rings (SSSR count). The fraction of sp³-hybridized carbons (Fsp3) is 0.409. The summed E-state index contributed by atoms with van der Waals surface area (Å²) in [4.78, 5) is 4.32. The number of hydrogen-bond acceptors (Lipinski definition) is 3. The number of aliphatic imine (C=N–C) groups is 1. The van der Waals surface area contributed by atoms with Gasteiger partial charge in [-0.15, -0.1) is 0 Å².